The lowest BCUT2D eigenvalue weighted by molar-refractivity contribution is 0.193. The van der Waals surface area contributed by atoms with E-state index in [4.69, 9.17) is 28.3 Å². The van der Waals surface area contributed by atoms with Crippen LogP contribution in [0.4, 0.5) is 4.79 Å². The highest BCUT2D eigenvalue weighted by atomic mass is 35.5. The fourth-order valence-corrected chi connectivity index (χ4v) is 2.83. The molecule has 1 aromatic heterocycles. The Balaban J connectivity index is 1.88. The standard InChI is InChI=1S/C15H12Cl2N2O2/c16-12-3-1-2-10(14(12)17)8-4-9(7-18-6-8)11-5-13(11)19-15(20)21/h1-4,6-7,11,13,19H,5H2,(H,20,21). The summed E-state index contributed by atoms with van der Waals surface area (Å²) in [5.74, 6) is 0.173. The van der Waals surface area contributed by atoms with Gasteiger partial charge < -0.3 is 10.4 Å². The molecule has 0 spiro atoms. The Morgan fingerprint density at radius 3 is 2.90 bits per heavy atom. The second kappa shape index (κ2) is 5.54. The number of nitrogens with zero attached hydrogens (tertiary/aromatic N) is 1. The third-order valence-corrected chi connectivity index (χ3v) is 4.37. The number of pyridine rings is 1. The number of nitrogens with one attached hydrogen (secondary N) is 1. The van der Waals surface area contributed by atoms with E-state index in [1.54, 1.807) is 18.5 Å². The van der Waals surface area contributed by atoms with Crippen LogP contribution in [-0.2, 0) is 0 Å². The first-order valence-corrected chi connectivity index (χ1v) is 7.20. The third kappa shape index (κ3) is 2.96. The molecular formula is C15H12Cl2N2O2. The Kier molecular flexibility index (Phi) is 3.74. The molecule has 0 saturated heterocycles. The minimum atomic E-state index is -0.996. The van der Waals surface area contributed by atoms with Crippen molar-refractivity contribution < 1.29 is 9.90 Å². The molecule has 3 rings (SSSR count). The van der Waals surface area contributed by atoms with Crippen molar-refractivity contribution in [2.24, 2.45) is 0 Å². The molecule has 0 aliphatic heterocycles. The average molecular weight is 323 g/mol. The van der Waals surface area contributed by atoms with Crippen molar-refractivity contribution in [3.8, 4) is 11.1 Å². The molecule has 4 nitrogen and oxygen atoms in total. The van der Waals surface area contributed by atoms with Gasteiger partial charge in [0, 0.05) is 35.5 Å². The molecule has 21 heavy (non-hydrogen) atoms. The van der Waals surface area contributed by atoms with Gasteiger partial charge in [-0.15, -0.1) is 0 Å². The number of amides is 1. The Morgan fingerprint density at radius 2 is 2.14 bits per heavy atom. The zero-order valence-electron chi connectivity index (χ0n) is 10.9. The molecule has 1 aliphatic rings. The number of carbonyl (C=O) groups is 1. The second-order valence-electron chi connectivity index (χ2n) is 5.01. The lowest BCUT2D eigenvalue weighted by atomic mass is 10.0. The van der Waals surface area contributed by atoms with Crippen LogP contribution >= 0.6 is 23.2 Å². The van der Waals surface area contributed by atoms with Crippen LogP contribution in [-0.4, -0.2) is 22.2 Å². The summed E-state index contributed by atoms with van der Waals surface area (Å²) in [6, 6.07) is 7.41. The van der Waals surface area contributed by atoms with Crippen molar-refractivity contribution in [2.75, 3.05) is 0 Å². The molecule has 1 amide bonds. The minimum absolute atomic E-state index is 0.0330. The fraction of sp³-hybridized carbons (Fsp3) is 0.200. The summed E-state index contributed by atoms with van der Waals surface area (Å²) in [4.78, 5) is 14.9. The number of benzene rings is 1. The predicted octanol–water partition coefficient (Wildman–Crippen LogP) is 4.18. The Hall–Kier alpha value is -1.78. The normalized spacial score (nSPS) is 20.1. The highest BCUT2D eigenvalue weighted by Crippen LogP contribution is 2.42. The molecule has 1 aliphatic carbocycles. The van der Waals surface area contributed by atoms with E-state index in [1.165, 1.54) is 0 Å². The molecule has 6 heteroatoms. The maximum absolute atomic E-state index is 10.6. The molecule has 1 aromatic carbocycles. The number of halogens is 2. The van der Waals surface area contributed by atoms with Crippen LogP contribution in [0.1, 0.15) is 17.9 Å². The van der Waals surface area contributed by atoms with Crippen LogP contribution in [0.25, 0.3) is 11.1 Å². The van der Waals surface area contributed by atoms with E-state index in [2.05, 4.69) is 10.3 Å². The number of carboxylic acid groups (broad SMARTS) is 1. The smallest absolute Gasteiger partial charge is 0.404 e. The molecule has 2 unspecified atom stereocenters. The maximum Gasteiger partial charge on any atom is 0.404 e. The molecule has 2 aromatic rings. The Bertz CT molecular complexity index is 706. The largest absolute Gasteiger partial charge is 0.465 e. The maximum atomic E-state index is 10.6. The number of hydrogen-bond donors (Lipinski definition) is 2. The quantitative estimate of drug-likeness (QED) is 0.891. The number of rotatable bonds is 3. The fourth-order valence-electron chi connectivity index (χ4n) is 2.42. The van der Waals surface area contributed by atoms with Gasteiger partial charge in [-0.1, -0.05) is 35.3 Å². The average Bonchev–Trinajstić information content (AvgIpc) is 3.20. The zero-order valence-corrected chi connectivity index (χ0v) is 12.4. The van der Waals surface area contributed by atoms with Gasteiger partial charge >= 0.3 is 6.09 Å². The van der Waals surface area contributed by atoms with E-state index in [0.717, 1.165) is 23.1 Å². The summed E-state index contributed by atoms with van der Waals surface area (Å²) < 4.78 is 0. The predicted molar refractivity (Wildman–Crippen MR) is 82.0 cm³/mol. The molecule has 1 saturated carbocycles. The van der Waals surface area contributed by atoms with Crippen molar-refractivity contribution in [1.29, 1.82) is 0 Å². The molecular weight excluding hydrogens is 311 g/mol. The van der Waals surface area contributed by atoms with Crippen LogP contribution in [0.15, 0.2) is 36.7 Å². The van der Waals surface area contributed by atoms with Crippen LogP contribution in [0.3, 0.4) is 0 Å². The monoisotopic (exact) mass is 322 g/mol. The van der Waals surface area contributed by atoms with Crippen LogP contribution in [0.5, 0.6) is 0 Å². The number of aromatic nitrogens is 1. The lowest BCUT2D eigenvalue weighted by Crippen LogP contribution is -2.24. The summed E-state index contributed by atoms with van der Waals surface area (Å²) in [6.07, 6.45) is 3.28. The topological polar surface area (TPSA) is 62.2 Å². The first-order chi connectivity index (χ1) is 10.1. The van der Waals surface area contributed by atoms with E-state index in [0.29, 0.717) is 10.0 Å². The van der Waals surface area contributed by atoms with Gasteiger partial charge in [0.2, 0.25) is 0 Å². The molecule has 0 radical (unpaired) electrons. The molecule has 2 atom stereocenters. The van der Waals surface area contributed by atoms with E-state index in [-0.39, 0.29) is 12.0 Å². The van der Waals surface area contributed by atoms with Gasteiger partial charge in [0.1, 0.15) is 0 Å². The van der Waals surface area contributed by atoms with Crippen molar-refractivity contribution >= 4 is 29.3 Å². The lowest BCUT2D eigenvalue weighted by Gasteiger charge is -2.08. The molecule has 108 valence electrons. The molecule has 2 N–H and O–H groups in total. The first-order valence-electron chi connectivity index (χ1n) is 6.45. The van der Waals surface area contributed by atoms with Crippen molar-refractivity contribution in [1.82, 2.24) is 10.3 Å². The summed E-state index contributed by atoms with van der Waals surface area (Å²) >= 11 is 12.3. The number of hydrogen-bond acceptors (Lipinski definition) is 2. The van der Waals surface area contributed by atoms with Gasteiger partial charge in [-0.05, 0) is 24.1 Å². The van der Waals surface area contributed by atoms with E-state index < -0.39 is 6.09 Å². The SMILES string of the molecule is O=C(O)NC1CC1c1cncc(-c2cccc(Cl)c2Cl)c1. The summed E-state index contributed by atoms with van der Waals surface area (Å²) in [7, 11) is 0. The second-order valence-corrected chi connectivity index (χ2v) is 5.79. The van der Waals surface area contributed by atoms with Crippen molar-refractivity contribution in [3.05, 3.63) is 52.3 Å². The van der Waals surface area contributed by atoms with Crippen LogP contribution in [0.2, 0.25) is 10.0 Å². The van der Waals surface area contributed by atoms with Crippen molar-refractivity contribution in [2.45, 2.75) is 18.4 Å². The Labute approximate surface area is 131 Å². The zero-order chi connectivity index (χ0) is 15.0. The van der Waals surface area contributed by atoms with Crippen LogP contribution < -0.4 is 5.32 Å². The van der Waals surface area contributed by atoms with E-state index in [1.807, 2.05) is 18.2 Å². The van der Waals surface area contributed by atoms with Gasteiger partial charge in [-0.25, -0.2) is 4.79 Å². The summed E-state index contributed by atoms with van der Waals surface area (Å²) in [5, 5.41) is 12.2. The third-order valence-electron chi connectivity index (χ3n) is 3.55. The summed E-state index contributed by atoms with van der Waals surface area (Å²) in [6.45, 7) is 0. The summed E-state index contributed by atoms with van der Waals surface area (Å²) in [5.41, 5.74) is 2.70. The molecule has 0 bridgehead atoms. The van der Waals surface area contributed by atoms with Gasteiger partial charge in [0.25, 0.3) is 0 Å². The van der Waals surface area contributed by atoms with Crippen molar-refractivity contribution in [3.63, 3.8) is 0 Å². The van der Waals surface area contributed by atoms with Gasteiger partial charge in [-0.2, -0.15) is 0 Å². The van der Waals surface area contributed by atoms with Crippen LogP contribution in [0, 0.1) is 0 Å². The van der Waals surface area contributed by atoms with E-state index >= 15 is 0 Å². The van der Waals surface area contributed by atoms with Gasteiger partial charge in [0.15, 0.2) is 0 Å². The first kappa shape index (κ1) is 14.2. The van der Waals surface area contributed by atoms with Gasteiger partial charge in [0.05, 0.1) is 10.0 Å². The highest BCUT2D eigenvalue weighted by Gasteiger charge is 2.39. The van der Waals surface area contributed by atoms with E-state index in [9.17, 15) is 4.79 Å². The Morgan fingerprint density at radius 1 is 1.33 bits per heavy atom. The highest BCUT2D eigenvalue weighted by molar-refractivity contribution is 6.43. The van der Waals surface area contributed by atoms with Gasteiger partial charge in [-0.3, -0.25) is 4.98 Å². The minimum Gasteiger partial charge on any atom is -0.465 e. The molecule has 1 heterocycles. The molecule has 1 fully saturated rings.